The highest BCUT2D eigenvalue weighted by atomic mass is 16.6. The number of ether oxygens (including phenoxy) is 2. The van der Waals surface area contributed by atoms with Crippen molar-refractivity contribution in [2.45, 2.75) is 90.1 Å². The molecule has 1 spiro atoms. The Morgan fingerprint density at radius 1 is 1.20 bits per heavy atom. The number of fused-ring (bicyclic) bond motifs is 3. The lowest BCUT2D eigenvalue weighted by Gasteiger charge is -2.61. The van der Waals surface area contributed by atoms with E-state index in [4.69, 9.17) is 14.6 Å². The summed E-state index contributed by atoms with van der Waals surface area (Å²) >= 11 is 0. The van der Waals surface area contributed by atoms with Crippen LogP contribution in [0.3, 0.4) is 0 Å². The monoisotopic (exact) mass is 420 g/mol. The summed E-state index contributed by atoms with van der Waals surface area (Å²) in [4.78, 5) is 0. The van der Waals surface area contributed by atoms with Gasteiger partial charge in [-0.2, -0.15) is 0 Å². The van der Waals surface area contributed by atoms with Gasteiger partial charge in [0, 0.05) is 5.41 Å². The average Bonchev–Trinajstić information content (AvgIpc) is 3.34. The Labute approximate surface area is 180 Å². The quantitative estimate of drug-likeness (QED) is 0.362. The van der Waals surface area contributed by atoms with Crippen molar-refractivity contribution in [1.29, 1.82) is 0 Å². The molecule has 5 aliphatic rings. The fourth-order valence-electron chi connectivity index (χ4n) is 8.70. The zero-order chi connectivity index (χ0) is 21.5. The maximum absolute atomic E-state index is 11.7. The summed E-state index contributed by atoms with van der Waals surface area (Å²) in [6, 6.07) is 0. The first kappa shape index (κ1) is 21.4. The van der Waals surface area contributed by atoms with Crippen LogP contribution in [0.4, 0.5) is 0 Å². The smallest absolute Gasteiger partial charge is 0.106 e. The summed E-state index contributed by atoms with van der Waals surface area (Å²) in [5, 5.41) is 31.0. The Balaban J connectivity index is 1.48. The van der Waals surface area contributed by atoms with Crippen LogP contribution in [0.5, 0.6) is 0 Å². The molecule has 9 atom stereocenters. The van der Waals surface area contributed by atoms with E-state index in [9.17, 15) is 10.2 Å². The highest BCUT2D eigenvalue weighted by Crippen LogP contribution is 2.77. The fourth-order valence-corrected chi connectivity index (χ4v) is 8.70. The van der Waals surface area contributed by atoms with Gasteiger partial charge < -0.3 is 24.8 Å². The normalized spacial score (nSPS) is 52.0. The van der Waals surface area contributed by atoms with Gasteiger partial charge in [0.25, 0.3) is 0 Å². The van der Waals surface area contributed by atoms with Gasteiger partial charge in [0.2, 0.25) is 0 Å². The summed E-state index contributed by atoms with van der Waals surface area (Å²) in [5.74, 6) is 1.19. The molecule has 1 aliphatic heterocycles. The second-order valence-corrected chi connectivity index (χ2v) is 12.0. The molecule has 0 amide bonds. The van der Waals surface area contributed by atoms with Gasteiger partial charge in [-0.15, -0.1) is 0 Å². The lowest BCUT2D eigenvalue weighted by molar-refractivity contribution is -0.181. The number of rotatable bonds is 5. The topological polar surface area (TPSA) is 82.5 Å². The Bertz CT molecular complexity index is 733. The molecule has 4 aliphatic carbocycles. The molecule has 3 N–H and O–H groups in total. The van der Waals surface area contributed by atoms with Crippen LogP contribution in [0.25, 0.3) is 0 Å². The van der Waals surface area contributed by atoms with Gasteiger partial charge in [0.1, 0.15) is 5.60 Å². The van der Waals surface area contributed by atoms with Crippen LogP contribution in [0.15, 0.2) is 11.6 Å². The summed E-state index contributed by atoms with van der Waals surface area (Å²) in [7, 11) is 0. The maximum atomic E-state index is 11.7. The molecule has 0 aromatic carbocycles. The average molecular weight is 421 g/mol. The zero-order valence-corrected chi connectivity index (χ0v) is 19.1. The van der Waals surface area contributed by atoms with Gasteiger partial charge in [0.15, 0.2) is 0 Å². The van der Waals surface area contributed by atoms with Crippen molar-refractivity contribution in [3.8, 4) is 0 Å². The zero-order valence-electron chi connectivity index (χ0n) is 19.1. The largest absolute Gasteiger partial charge is 0.394 e. The van der Waals surface area contributed by atoms with Crippen LogP contribution in [0.2, 0.25) is 0 Å². The summed E-state index contributed by atoms with van der Waals surface area (Å²) in [6.07, 6.45) is 7.53. The second kappa shape index (κ2) is 6.77. The van der Waals surface area contributed by atoms with Crippen molar-refractivity contribution >= 4 is 0 Å². The molecule has 0 aromatic rings. The minimum Gasteiger partial charge on any atom is -0.394 e. The summed E-state index contributed by atoms with van der Waals surface area (Å²) in [5.41, 5.74) is 0.902. The van der Waals surface area contributed by atoms with Crippen LogP contribution in [-0.2, 0) is 9.47 Å². The van der Waals surface area contributed by atoms with E-state index in [1.165, 1.54) is 5.57 Å². The van der Waals surface area contributed by atoms with Crippen LogP contribution in [-0.4, -0.2) is 59.1 Å². The number of hydrogen-bond acceptors (Lipinski definition) is 5. The summed E-state index contributed by atoms with van der Waals surface area (Å²) < 4.78 is 12.3. The molecule has 170 valence electrons. The first-order valence-corrected chi connectivity index (χ1v) is 12.0. The van der Waals surface area contributed by atoms with Crippen LogP contribution in [0.1, 0.15) is 66.2 Å². The van der Waals surface area contributed by atoms with Crippen LogP contribution in [0, 0.1) is 34.0 Å². The molecule has 0 bridgehead atoms. The molecule has 3 unspecified atom stereocenters. The first-order valence-electron chi connectivity index (χ1n) is 12.0. The number of epoxide rings is 1. The predicted molar refractivity (Wildman–Crippen MR) is 114 cm³/mol. The highest BCUT2D eigenvalue weighted by molar-refractivity contribution is 5.35. The lowest BCUT2D eigenvalue weighted by atomic mass is 9.44. The number of aliphatic hydroxyl groups excluding tert-OH is 3. The summed E-state index contributed by atoms with van der Waals surface area (Å²) in [6.45, 7) is 10.2. The molecule has 5 rings (SSSR count). The second-order valence-electron chi connectivity index (χ2n) is 12.0. The van der Waals surface area contributed by atoms with Gasteiger partial charge in [-0.25, -0.2) is 0 Å². The van der Waals surface area contributed by atoms with Gasteiger partial charge in [-0.3, -0.25) is 0 Å². The molecule has 1 saturated heterocycles. The van der Waals surface area contributed by atoms with E-state index >= 15 is 0 Å². The Hall–Kier alpha value is -0.460. The van der Waals surface area contributed by atoms with E-state index in [1.54, 1.807) is 0 Å². The third kappa shape index (κ3) is 2.59. The lowest BCUT2D eigenvalue weighted by Crippen LogP contribution is -2.63. The number of hydrogen-bond donors (Lipinski definition) is 3. The van der Waals surface area contributed by atoms with Crippen molar-refractivity contribution in [1.82, 2.24) is 0 Å². The molecule has 5 heteroatoms. The maximum Gasteiger partial charge on any atom is 0.106 e. The minimum absolute atomic E-state index is 0.0437. The molecule has 3 saturated carbocycles. The molecular weight excluding hydrogens is 380 g/mol. The highest BCUT2D eigenvalue weighted by Gasteiger charge is 2.83. The standard InChI is InChI=1S/C25H40O5/c1-22(2,14-29-10-9-26)19-13-21-25(30-21)17-6-5-15-11-16(27)7-8-23(15,3)18(17)12-20(28)24(19,25)4/h5,16-21,26-28H,6-14H2,1-4H3/t16-,17?,18?,19?,20+,21+,23-,24-,25+/m0/s1. The van der Waals surface area contributed by atoms with Gasteiger partial charge in [-0.05, 0) is 67.1 Å². The third-order valence-corrected chi connectivity index (χ3v) is 10.3. The van der Waals surface area contributed by atoms with Crippen molar-refractivity contribution in [2.75, 3.05) is 19.8 Å². The van der Waals surface area contributed by atoms with Crippen molar-refractivity contribution in [3.05, 3.63) is 11.6 Å². The Morgan fingerprint density at radius 2 is 1.97 bits per heavy atom. The molecule has 0 radical (unpaired) electrons. The van der Waals surface area contributed by atoms with E-state index in [1.807, 2.05) is 0 Å². The van der Waals surface area contributed by atoms with Crippen LogP contribution >= 0.6 is 0 Å². The van der Waals surface area contributed by atoms with Crippen molar-refractivity contribution in [2.24, 2.45) is 34.0 Å². The predicted octanol–water partition coefficient (Wildman–Crippen LogP) is 3.06. The van der Waals surface area contributed by atoms with E-state index < -0.39 is 6.10 Å². The Kier molecular flexibility index (Phi) is 4.83. The van der Waals surface area contributed by atoms with E-state index in [0.29, 0.717) is 31.0 Å². The molecule has 1 heterocycles. The molecule has 5 nitrogen and oxygen atoms in total. The first-order chi connectivity index (χ1) is 14.1. The molecule has 30 heavy (non-hydrogen) atoms. The van der Waals surface area contributed by atoms with Gasteiger partial charge in [0.05, 0.1) is 38.1 Å². The molecule has 0 aromatic heterocycles. The number of allylic oxidation sites excluding steroid dienone is 1. The fraction of sp³-hybridized carbons (Fsp3) is 0.920. The Morgan fingerprint density at radius 3 is 2.70 bits per heavy atom. The van der Waals surface area contributed by atoms with Gasteiger partial charge in [-0.1, -0.05) is 39.3 Å². The minimum atomic E-state index is -0.392. The third-order valence-electron chi connectivity index (χ3n) is 10.3. The van der Waals surface area contributed by atoms with Crippen molar-refractivity contribution < 1.29 is 24.8 Å². The molecular formula is C25H40O5. The van der Waals surface area contributed by atoms with Crippen molar-refractivity contribution in [3.63, 3.8) is 0 Å². The van der Waals surface area contributed by atoms with Crippen LogP contribution < -0.4 is 0 Å². The van der Waals surface area contributed by atoms with E-state index in [0.717, 1.165) is 38.5 Å². The number of aliphatic hydroxyl groups is 3. The SMILES string of the molecule is CC(C)(COCCO)C1C[C@H]2O[C@]23C2CC=C4C[C@@H](O)CC[C@]4(C)C2C[C@@H](O)[C@]13C. The van der Waals surface area contributed by atoms with E-state index in [-0.39, 0.29) is 40.7 Å². The van der Waals surface area contributed by atoms with Gasteiger partial charge >= 0.3 is 0 Å². The van der Waals surface area contributed by atoms with E-state index in [2.05, 4.69) is 33.8 Å². The molecule has 4 fully saturated rings.